The van der Waals surface area contributed by atoms with Gasteiger partial charge in [0.05, 0.1) is 6.20 Å². The summed E-state index contributed by atoms with van der Waals surface area (Å²) in [6.45, 7) is 7.30. The summed E-state index contributed by atoms with van der Waals surface area (Å²) < 4.78 is 0. The summed E-state index contributed by atoms with van der Waals surface area (Å²) >= 11 is 0. The molecule has 7 heteroatoms. The average Bonchev–Trinajstić information content (AvgIpc) is 2.79. The molecule has 0 unspecified atom stereocenters. The molecule has 0 amide bonds. The molecule has 28 heavy (non-hydrogen) atoms. The van der Waals surface area contributed by atoms with Gasteiger partial charge in [0, 0.05) is 45.5 Å². The van der Waals surface area contributed by atoms with E-state index in [0.717, 1.165) is 50.9 Å². The molecule has 2 aromatic heterocycles. The van der Waals surface area contributed by atoms with Crippen LogP contribution in [0.3, 0.4) is 0 Å². The van der Waals surface area contributed by atoms with Gasteiger partial charge in [0.15, 0.2) is 5.82 Å². The van der Waals surface area contributed by atoms with Crippen LogP contribution in [0, 0.1) is 0 Å². The Morgan fingerprint density at radius 3 is 2.39 bits per heavy atom. The average molecular weight is 375 g/mol. The van der Waals surface area contributed by atoms with Gasteiger partial charge in [-0.15, -0.1) is 5.10 Å². The van der Waals surface area contributed by atoms with Gasteiger partial charge in [-0.05, 0) is 24.6 Å². The van der Waals surface area contributed by atoms with Gasteiger partial charge in [0.1, 0.15) is 5.82 Å². The van der Waals surface area contributed by atoms with E-state index in [4.69, 9.17) is 4.98 Å². The van der Waals surface area contributed by atoms with E-state index < -0.39 is 0 Å². The molecule has 1 saturated heterocycles. The van der Waals surface area contributed by atoms with Gasteiger partial charge < -0.3 is 14.7 Å². The first kappa shape index (κ1) is 18.2. The fraction of sp³-hybridized carbons (Fsp3) is 0.333. The number of rotatable bonds is 6. The Balaban J connectivity index is 1.43. The van der Waals surface area contributed by atoms with Crippen LogP contribution in [0.15, 0.2) is 60.9 Å². The Hall–Kier alpha value is -3.22. The van der Waals surface area contributed by atoms with Gasteiger partial charge in [-0.25, -0.2) is 4.98 Å². The SMILES string of the molecule is CCN(Cc1ccccc1)c1cnnc(N2CCN(c3ccccn3)CC2)n1. The number of piperazine rings is 1. The topological polar surface area (TPSA) is 61.3 Å². The highest BCUT2D eigenvalue weighted by Gasteiger charge is 2.21. The molecule has 0 N–H and O–H groups in total. The third-order valence-electron chi connectivity index (χ3n) is 4.99. The largest absolute Gasteiger partial charge is 0.353 e. The minimum absolute atomic E-state index is 0.699. The van der Waals surface area contributed by atoms with Crippen LogP contribution < -0.4 is 14.7 Å². The van der Waals surface area contributed by atoms with E-state index in [9.17, 15) is 0 Å². The van der Waals surface area contributed by atoms with Gasteiger partial charge in [0.25, 0.3) is 0 Å². The van der Waals surface area contributed by atoms with Crippen molar-refractivity contribution in [2.45, 2.75) is 13.5 Å². The Morgan fingerprint density at radius 1 is 0.929 bits per heavy atom. The number of pyridine rings is 1. The Morgan fingerprint density at radius 2 is 1.68 bits per heavy atom. The molecule has 0 atom stereocenters. The number of aromatic nitrogens is 4. The fourth-order valence-electron chi connectivity index (χ4n) is 3.41. The highest BCUT2D eigenvalue weighted by Crippen LogP contribution is 2.19. The minimum Gasteiger partial charge on any atom is -0.353 e. The summed E-state index contributed by atoms with van der Waals surface area (Å²) in [6.07, 6.45) is 3.59. The van der Waals surface area contributed by atoms with Crippen LogP contribution in [0.2, 0.25) is 0 Å². The van der Waals surface area contributed by atoms with Gasteiger partial charge >= 0.3 is 0 Å². The maximum absolute atomic E-state index is 4.81. The van der Waals surface area contributed by atoms with Crippen molar-refractivity contribution < 1.29 is 0 Å². The van der Waals surface area contributed by atoms with Crippen molar-refractivity contribution in [3.8, 4) is 0 Å². The lowest BCUT2D eigenvalue weighted by molar-refractivity contribution is 0.628. The van der Waals surface area contributed by atoms with Crippen LogP contribution in [0.5, 0.6) is 0 Å². The first-order valence-electron chi connectivity index (χ1n) is 9.73. The van der Waals surface area contributed by atoms with E-state index in [1.807, 2.05) is 24.4 Å². The third-order valence-corrected chi connectivity index (χ3v) is 4.99. The number of nitrogens with zero attached hydrogens (tertiary/aromatic N) is 7. The number of hydrogen-bond acceptors (Lipinski definition) is 7. The van der Waals surface area contributed by atoms with E-state index in [-0.39, 0.29) is 0 Å². The molecule has 144 valence electrons. The molecule has 3 aromatic rings. The second-order valence-electron chi connectivity index (χ2n) is 6.78. The molecule has 4 rings (SSSR count). The van der Waals surface area contributed by atoms with Crippen LogP contribution >= 0.6 is 0 Å². The Kier molecular flexibility index (Phi) is 5.61. The predicted molar refractivity (Wildman–Crippen MR) is 112 cm³/mol. The summed E-state index contributed by atoms with van der Waals surface area (Å²) in [5.41, 5.74) is 1.26. The molecular formula is C21H25N7. The molecule has 0 radical (unpaired) electrons. The fourth-order valence-corrected chi connectivity index (χ4v) is 3.41. The molecule has 1 fully saturated rings. The predicted octanol–water partition coefficient (Wildman–Crippen LogP) is 2.62. The van der Waals surface area contributed by atoms with Crippen molar-refractivity contribution >= 4 is 17.6 Å². The van der Waals surface area contributed by atoms with Gasteiger partial charge in [0.2, 0.25) is 5.95 Å². The van der Waals surface area contributed by atoms with Gasteiger partial charge in [-0.3, -0.25) is 0 Å². The maximum atomic E-state index is 4.81. The summed E-state index contributed by atoms with van der Waals surface area (Å²) in [5, 5.41) is 8.51. The van der Waals surface area contributed by atoms with Crippen molar-refractivity contribution in [2.75, 3.05) is 47.4 Å². The van der Waals surface area contributed by atoms with E-state index in [1.54, 1.807) is 6.20 Å². The molecule has 1 aliphatic heterocycles. The van der Waals surface area contributed by atoms with Crippen molar-refractivity contribution in [3.05, 3.63) is 66.5 Å². The Bertz CT molecular complexity index is 864. The first-order chi connectivity index (χ1) is 13.8. The second-order valence-corrected chi connectivity index (χ2v) is 6.78. The zero-order chi connectivity index (χ0) is 19.2. The van der Waals surface area contributed by atoms with Crippen LogP contribution in [-0.4, -0.2) is 52.9 Å². The lowest BCUT2D eigenvalue weighted by Gasteiger charge is -2.35. The summed E-state index contributed by atoms with van der Waals surface area (Å²) in [4.78, 5) is 16.0. The Labute approximate surface area is 165 Å². The van der Waals surface area contributed by atoms with Gasteiger partial charge in [-0.2, -0.15) is 10.1 Å². The normalized spacial score (nSPS) is 14.2. The molecule has 1 aromatic carbocycles. The zero-order valence-corrected chi connectivity index (χ0v) is 16.1. The molecule has 1 aliphatic rings. The van der Waals surface area contributed by atoms with Crippen LogP contribution in [0.25, 0.3) is 0 Å². The van der Waals surface area contributed by atoms with Crippen molar-refractivity contribution in [1.82, 2.24) is 20.2 Å². The van der Waals surface area contributed by atoms with E-state index in [0.29, 0.717) is 5.95 Å². The highest BCUT2D eigenvalue weighted by molar-refractivity contribution is 5.45. The lowest BCUT2D eigenvalue weighted by atomic mass is 10.2. The molecular weight excluding hydrogens is 350 g/mol. The lowest BCUT2D eigenvalue weighted by Crippen LogP contribution is -2.47. The molecule has 0 aliphatic carbocycles. The highest BCUT2D eigenvalue weighted by atomic mass is 15.4. The third kappa shape index (κ3) is 4.19. The second kappa shape index (κ2) is 8.65. The van der Waals surface area contributed by atoms with Crippen molar-refractivity contribution in [1.29, 1.82) is 0 Å². The van der Waals surface area contributed by atoms with Crippen LogP contribution in [-0.2, 0) is 6.54 Å². The minimum atomic E-state index is 0.699. The summed E-state index contributed by atoms with van der Waals surface area (Å²) in [6, 6.07) is 16.5. The van der Waals surface area contributed by atoms with E-state index in [2.05, 4.69) is 67.1 Å². The van der Waals surface area contributed by atoms with Crippen LogP contribution in [0.4, 0.5) is 17.6 Å². The smallest absolute Gasteiger partial charge is 0.247 e. The van der Waals surface area contributed by atoms with E-state index >= 15 is 0 Å². The number of hydrogen-bond donors (Lipinski definition) is 0. The summed E-state index contributed by atoms with van der Waals surface area (Å²) in [7, 11) is 0. The monoisotopic (exact) mass is 375 g/mol. The maximum Gasteiger partial charge on any atom is 0.247 e. The van der Waals surface area contributed by atoms with Gasteiger partial charge in [-0.1, -0.05) is 36.4 Å². The molecule has 7 nitrogen and oxygen atoms in total. The standard InChI is InChI=1S/C21H25N7/c1-2-26(17-18-8-4-3-5-9-18)20-16-23-25-21(24-20)28-14-12-27(13-15-28)19-10-6-7-11-22-19/h3-11,16H,2,12-15,17H2,1H3. The number of anilines is 3. The molecule has 0 saturated carbocycles. The molecule has 0 bridgehead atoms. The van der Waals surface area contributed by atoms with E-state index in [1.165, 1.54) is 5.56 Å². The molecule has 0 spiro atoms. The summed E-state index contributed by atoms with van der Waals surface area (Å²) in [5.74, 6) is 2.59. The zero-order valence-electron chi connectivity index (χ0n) is 16.1. The quantitative estimate of drug-likeness (QED) is 0.656. The number of benzene rings is 1. The molecule has 3 heterocycles. The van der Waals surface area contributed by atoms with Crippen molar-refractivity contribution in [3.63, 3.8) is 0 Å². The van der Waals surface area contributed by atoms with Crippen LogP contribution in [0.1, 0.15) is 12.5 Å². The first-order valence-corrected chi connectivity index (χ1v) is 9.73. The van der Waals surface area contributed by atoms with Crippen molar-refractivity contribution in [2.24, 2.45) is 0 Å².